The Morgan fingerprint density at radius 2 is 1.54 bits per heavy atom. The molecule has 28 heavy (non-hydrogen) atoms. The number of methoxy groups -OCH3 is 3. The Kier molecular flexibility index (Phi) is 6.87. The third-order valence-electron chi connectivity index (χ3n) is 4.00. The highest BCUT2D eigenvalue weighted by atomic mass is 32.2. The molecule has 0 spiro atoms. The molecule has 2 rings (SSSR count). The van der Waals surface area contributed by atoms with Gasteiger partial charge in [0.15, 0.2) is 11.5 Å². The van der Waals surface area contributed by atoms with Crippen molar-refractivity contribution in [3.63, 3.8) is 0 Å². The van der Waals surface area contributed by atoms with Crippen LogP contribution in [0.5, 0.6) is 17.2 Å². The number of hydrogen-bond acceptors (Lipinski definition) is 6. The van der Waals surface area contributed by atoms with E-state index in [9.17, 15) is 13.2 Å². The largest absolute Gasteiger partial charge is 0.495 e. The fourth-order valence-corrected chi connectivity index (χ4v) is 3.72. The van der Waals surface area contributed by atoms with E-state index in [4.69, 9.17) is 14.2 Å². The Bertz CT molecular complexity index is 959. The molecule has 1 atom stereocenters. The van der Waals surface area contributed by atoms with Gasteiger partial charge in [0.05, 0.1) is 38.0 Å². The van der Waals surface area contributed by atoms with E-state index >= 15 is 0 Å². The Hall–Kier alpha value is -2.78. The van der Waals surface area contributed by atoms with Gasteiger partial charge in [-0.25, -0.2) is 8.42 Å². The maximum atomic E-state index is 12.6. The summed E-state index contributed by atoms with van der Waals surface area (Å²) in [5.41, 5.74) is 1.39. The second kappa shape index (κ2) is 8.94. The van der Waals surface area contributed by atoms with Gasteiger partial charge in [-0.2, -0.15) is 4.72 Å². The fourth-order valence-electron chi connectivity index (χ4n) is 2.50. The van der Waals surface area contributed by atoms with E-state index in [1.54, 1.807) is 12.1 Å². The van der Waals surface area contributed by atoms with Gasteiger partial charge in [0.2, 0.25) is 15.9 Å². The lowest BCUT2D eigenvalue weighted by molar-refractivity contribution is -0.117. The number of carbonyl (C=O) groups excluding carboxylic acids is 1. The fraction of sp³-hybridized carbons (Fsp3) is 0.316. The zero-order valence-corrected chi connectivity index (χ0v) is 17.2. The monoisotopic (exact) mass is 408 g/mol. The van der Waals surface area contributed by atoms with Gasteiger partial charge in [-0.1, -0.05) is 6.07 Å². The maximum absolute atomic E-state index is 12.6. The van der Waals surface area contributed by atoms with E-state index < -0.39 is 22.0 Å². The third-order valence-corrected chi connectivity index (χ3v) is 5.54. The van der Waals surface area contributed by atoms with Crippen LogP contribution in [0.1, 0.15) is 12.5 Å². The van der Waals surface area contributed by atoms with Gasteiger partial charge in [-0.3, -0.25) is 4.79 Å². The molecule has 0 aromatic heterocycles. The number of hydrogen-bond donors (Lipinski definition) is 2. The van der Waals surface area contributed by atoms with Crippen molar-refractivity contribution in [3.8, 4) is 17.2 Å². The van der Waals surface area contributed by atoms with E-state index in [0.29, 0.717) is 17.2 Å². The van der Waals surface area contributed by atoms with Crippen LogP contribution in [-0.2, 0) is 14.8 Å². The Labute approximate surface area is 164 Å². The molecule has 0 aliphatic rings. The second-order valence-electron chi connectivity index (χ2n) is 6.05. The van der Waals surface area contributed by atoms with Crippen molar-refractivity contribution in [2.24, 2.45) is 0 Å². The molecule has 2 aromatic carbocycles. The van der Waals surface area contributed by atoms with Crippen molar-refractivity contribution >= 4 is 21.6 Å². The molecule has 2 N–H and O–H groups in total. The first kappa shape index (κ1) is 21.5. The normalized spacial score (nSPS) is 12.2. The van der Waals surface area contributed by atoms with E-state index in [1.165, 1.54) is 46.5 Å². The van der Waals surface area contributed by atoms with Crippen molar-refractivity contribution in [3.05, 3.63) is 42.0 Å². The molecule has 9 heteroatoms. The van der Waals surface area contributed by atoms with Gasteiger partial charge >= 0.3 is 0 Å². The highest BCUT2D eigenvalue weighted by molar-refractivity contribution is 7.89. The summed E-state index contributed by atoms with van der Waals surface area (Å²) in [4.78, 5) is 12.4. The smallest absolute Gasteiger partial charge is 0.242 e. The van der Waals surface area contributed by atoms with Crippen molar-refractivity contribution in [2.45, 2.75) is 24.8 Å². The summed E-state index contributed by atoms with van der Waals surface area (Å²) in [6.45, 7) is 3.33. The predicted molar refractivity (Wildman–Crippen MR) is 106 cm³/mol. The lowest BCUT2D eigenvalue weighted by Gasteiger charge is -2.17. The van der Waals surface area contributed by atoms with Gasteiger partial charge < -0.3 is 19.5 Å². The van der Waals surface area contributed by atoms with E-state index in [1.807, 2.05) is 13.0 Å². The van der Waals surface area contributed by atoms with Crippen molar-refractivity contribution in [2.75, 3.05) is 26.6 Å². The Balaban J connectivity index is 2.18. The number of anilines is 1. The standard InChI is InChI=1S/C19H24N2O6S/c1-12-6-8-16(25-3)15(10-12)20-19(22)13(2)21-28(23,24)14-7-9-17(26-4)18(11-14)27-5/h6-11,13,21H,1-5H3,(H,20,22)/t13-/m1/s1. The molecule has 152 valence electrons. The summed E-state index contributed by atoms with van der Waals surface area (Å²) >= 11 is 0. The van der Waals surface area contributed by atoms with Gasteiger partial charge in [0.25, 0.3) is 0 Å². The minimum atomic E-state index is -3.96. The molecule has 0 saturated heterocycles. The van der Waals surface area contributed by atoms with Crippen LogP contribution in [0.3, 0.4) is 0 Å². The second-order valence-corrected chi connectivity index (χ2v) is 7.77. The molecule has 0 radical (unpaired) electrons. The Morgan fingerprint density at radius 3 is 2.14 bits per heavy atom. The topological polar surface area (TPSA) is 103 Å². The number of aryl methyl sites for hydroxylation is 1. The Morgan fingerprint density at radius 1 is 0.929 bits per heavy atom. The number of amides is 1. The first-order valence-corrected chi connectivity index (χ1v) is 9.90. The summed E-state index contributed by atoms with van der Waals surface area (Å²) in [6, 6.07) is 8.47. The zero-order valence-electron chi connectivity index (χ0n) is 16.4. The summed E-state index contributed by atoms with van der Waals surface area (Å²) in [5.74, 6) is 0.632. The van der Waals surface area contributed by atoms with Crippen LogP contribution in [0.15, 0.2) is 41.3 Å². The highest BCUT2D eigenvalue weighted by Gasteiger charge is 2.24. The summed E-state index contributed by atoms with van der Waals surface area (Å²) in [6.07, 6.45) is 0. The van der Waals surface area contributed by atoms with Crippen LogP contribution in [0.4, 0.5) is 5.69 Å². The van der Waals surface area contributed by atoms with Crippen LogP contribution in [0.25, 0.3) is 0 Å². The van der Waals surface area contributed by atoms with Gasteiger partial charge in [-0.15, -0.1) is 0 Å². The molecule has 1 amide bonds. The van der Waals surface area contributed by atoms with Crippen LogP contribution >= 0.6 is 0 Å². The number of sulfonamides is 1. The van der Waals surface area contributed by atoms with Gasteiger partial charge in [0, 0.05) is 6.07 Å². The number of rotatable bonds is 8. The molecule has 0 unspecified atom stereocenters. The zero-order chi connectivity index (χ0) is 20.9. The molecule has 0 aliphatic carbocycles. The summed E-state index contributed by atoms with van der Waals surface area (Å²) in [5, 5.41) is 2.68. The molecular formula is C19H24N2O6S. The van der Waals surface area contributed by atoms with Crippen LogP contribution in [0, 0.1) is 6.92 Å². The number of ether oxygens (including phenoxy) is 3. The summed E-state index contributed by atoms with van der Waals surface area (Å²) < 4.78 is 43.1. The number of benzene rings is 2. The van der Waals surface area contributed by atoms with E-state index in [-0.39, 0.29) is 10.6 Å². The SMILES string of the molecule is COc1ccc(C)cc1NC(=O)[C@@H](C)NS(=O)(=O)c1ccc(OC)c(OC)c1. The average Bonchev–Trinajstić information content (AvgIpc) is 2.67. The minimum absolute atomic E-state index is 0.0436. The quantitative estimate of drug-likeness (QED) is 0.695. The lowest BCUT2D eigenvalue weighted by atomic mass is 10.2. The van der Waals surface area contributed by atoms with Crippen LogP contribution in [-0.4, -0.2) is 41.7 Å². The van der Waals surface area contributed by atoms with E-state index in [2.05, 4.69) is 10.0 Å². The molecule has 0 fully saturated rings. The minimum Gasteiger partial charge on any atom is -0.495 e. The van der Waals surface area contributed by atoms with Gasteiger partial charge in [0.1, 0.15) is 5.75 Å². The van der Waals surface area contributed by atoms with Crippen LogP contribution < -0.4 is 24.2 Å². The third kappa shape index (κ3) is 4.93. The predicted octanol–water partition coefficient (Wildman–Crippen LogP) is 2.33. The number of carbonyl (C=O) groups is 1. The van der Waals surface area contributed by atoms with Crippen molar-refractivity contribution < 1.29 is 27.4 Å². The highest BCUT2D eigenvalue weighted by Crippen LogP contribution is 2.29. The maximum Gasteiger partial charge on any atom is 0.242 e. The first-order valence-electron chi connectivity index (χ1n) is 8.41. The molecule has 2 aromatic rings. The molecule has 0 heterocycles. The lowest BCUT2D eigenvalue weighted by Crippen LogP contribution is -2.41. The van der Waals surface area contributed by atoms with Crippen LogP contribution in [0.2, 0.25) is 0 Å². The molecule has 0 bridgehead atoms. The molecule has 0 aliphatic heterocycles. The molecule has 0 saturated carbocycles. The van der Waals surface area contributed by atoms with Crippen molar-refractivity contribution in [1.82, 2.24) is 4.72 Å². The van der Waals surface area contributed by atoms with Gasteiger partial charge in [-0.05, 0) is 43.7 Å². The number of nitrogens with one attached hydrogen (secondary N) is 2. The summed E-state index contributed by atoms with van der Waals surface area (Å²) in [7, 11) is 0.398. The molecular weight excluding hydrogens is 384 g/mol. The van der Waals surface area contributed by atoms with E-state index in [0.717, 1.165) is 5.56 Å². The molecule has 8 nitrogen and oxygen atoms in total. The average molecular weight is 408 g/mol. The van der Waals surface area contributed by atoms with Crippen molar-refractivity contribution in [1.29, 1.82) is 0 Å². The first-order chi connectivity index (χ1) is 13.2.